The van der Waals surface area contributed by atoms with Gasteiger partial charge in [-0.1, -0.05) is 41.4 Å². The molecule has 0 saturated heterocycles. The van der Waals surface area contributed by atoms with E-state index in [1.807, 2.05) is 30.3 Å². The number of rotatable bonds is 5. The maximum atomic E-state index is 5.87. The number of nitrogens with one attached hydrogen (secondary N) is 2. The van der Waals surface area contributed by atoms with Gasteiger partial charge in [0, 0.05) is 31.4 Å². The molecule has 0 spiro atoms. The van der Waals surface area contributed by atoms with Gasteiger partial charge in [-0.25, -0.2) is 4.98 Å². The largest absolute Gasteiger partial charge is 0.356 e. The molecule has 124 valence electrons. The lowest BCUT2D eigenvalue weighted by molar-refractivity contribution is 0.793. The molecule has 0 bridgehead atoms. The number of guanidine groups is 1. The first-order valence-electron chi connectivity index (χ1n) is 6.97. The Balaban J connectivity index is 0.00000264. The van der Waals surface area contributed by atoms with Crippen molar-refractivity contribution in [3.8, 4) is 0 Å². The van der Waals surface area contributed by atoms with Crippen LogP contribution in [0.5, 0.6) is 0 Å². The summed E-state index contributed by atoms with van der Waals surface area (Å²) >= 11 is 11.6. The smallest absolute Gasteiger partial charge is 0.191 e. The number of nitrogens with zero attached hydrogens (tertiary/aromatic N) is 2. The van der Waals surface area contributed by atoms with Crippen LogP contribution >= 0.6 is 47.2 Å². The Labute approximate surface area is 163 Å². The SMILES string of the molecule is CN=C(NCCc1ccc(Cl)nc1)NCc1ccc(Cl)cc1.I. The second kappa shape index (κ2) is 10.7. The maximum absolute atomic E-state index is 5.87. The van der Waals surface area contributed by atoms with Crippen molar-refractivity contribution in [1.82, 2.24) is 15.6 Å². The van der Waals surface area contributed by atoms with Gasteiger partial charge < -0.3 is 10.6 Å². The molecule has 2 rings (SSSR count). The van der Waals surface area contributed by atoms with Gasteiger partial charge in [0.2, 0.25) is 0 Å². The van der Waals surface area contributed by atoms with Gasteiger partial charge in [0.25, 0.3) is 0 Å². The molecule has 0 fully saturated rings. The lowest BCUT2D eigenvalue weighted by Crippen LogP contribution is -2.37. The Morgan fingerprint density at radius 2 is 1.74 bits per heavy atom. The minimum Gasteiger partial charge on any atom is -0.356 e. The van der Waals surface area contributed by atoms with E-state index in [-0.39, 0.29) is 24.0 Å². The second-order valence-corrected chi connectivity index (χ2v) is 5.54. The fourth-order valence-corrected chi connectivity index (χ4v) is 2.13. The van der Waals surface area contributed by atoms with Crippen molar-refractivity contribution in [3.05, 3.63) is 63.9 Å². The molecule has 1 heterocycles. The van der Waals surface area contributed by atoms with Crippen molar-refractivity contribution in [2.75, 3.05) is 13.6 Å². The lowest BCUT2D eigenvalue weighted by Gasteiger charge is -2.12. The minimum atomic E-state index is 0. The summed E-state index contributed by atoms with van der Waals surface area (Å²) < 4.78 is 0. The molecular weight excluding hydrogens is 446 g/mol. The van der Waals surface area contributed by atoms with Crippen molar-refractivity contribution in [2.24, 2.45) is 4.99 Å². The van der Waals surface area contributed by atoms with Gasteiger partial charge in [-0.15, -0.1) is 24.0 Å². The lowest BCUT2D eigenvalue weighted by atomic mass is 10.2. The van der Waals surface area contributed by atoms with E-state index in [1.165, 1.54) is 0 Å². The van der Waals surface area contributed by atoms with Gasteiger partial charge in [-0.2, -0.15) is 0 Å². The van der Waals surface area contributed by atoms with Crippen LogP contribution in [0, 0.1) is 0 Å². The average Bonchev–Trinajstić information content (AvgIpc) is 2.54. The topological polar surface area (TPSA) is 49.3 Å². The molecule has 4 nitrogen and oxygen atoms in total. The molecule has 2 aromatic rings. The quantitative estimate of drug-likeness (QED) is 0.305. The first-order valence-corrected chi connectivity index (χ1v) is 7.72. The summed E-state index contributed by atoms with van der Waals surface area (Å²) in [6, 6.07) is 11.5. The predicted molar refractivity (Wildman–Crippen MR) is 108 cm³/mol. The zero-order valence-corrected chi connectivity index (χ0v) is 16.6. The van der Waals surface area contributed by atoms with Crippen LogP contribution in [0.3, 0.4) is 0 Å². The van der Waals surface area contributed by atoms with Gasteiger partial charge in [0.1, 0.15) is 5.15 Å². The van der Waals surface area contributed by atoms with Crippen molar-refractivity contribution >= 4 is 53.1 Å². The zero-order valence-electron chi connectivity index (χ0n) is 12.7. The first kappa shape index (κ1) is 20.0. The number of pyridine rings is 1. The molecule has 2 N–H and O–H groups in total. The van der Waals surface area contributed by atoms with Crippen LogP contribution in [0.4, 0.5) is 0 Å². The molecule has 0 unspecified atom stereocenters. The highest BCUT2D eigenvalue weighted by Crippen LogP contribution is 2.09. The van der Waals surface area contributed by atoms with Crippen LogP contribution in [0.1, 0.15) is 11.1 Å². The van der Waals surface area contributed by atoms with Crippen molar-refractivity contribution in [2.45, 2.75) is 13.0 Å². The Bertz CT molecular complexity index is 615. The van der Waals surface area contributed by atoms with E-state index in [9.17, 15) is 0 Å². The third-order valence-corrected chi connectivity index (χ3v) is 3.57. The number of benzene rings is 1. The van der Waals surface area contributed by atoms with E-state index in [4.69, 9.17) is 23.2 Å². The monoisotopic (exact) mass is 464 g/mol. The fourth-order valence-electron chi connectivity index (χ4n) is 1.89. The number of aliphatic imine (C=N–C) groups is 1. The first-order chi connectivity index (χ1) is 10.7. The molecule has 0 aliphatic rings. The van der Waals surface area contributed by atoms with Crippen LogP contribution in [-0.4, -0.2) is 24.5 Å². The second-order valence-electron chi connectivity index (χ2n) is 4.72. The summed E-state index contributed by atoms with van der Waals surface area (Å²) in [5, 5.41) is 7.78. The van der Waals surface area contributed by atoms with E-state index in [0.29, 0.717) is 11.7 Å². The van der Waals surface area contributed by atoms with Crippen LogP contribution in [0.25, 0.3) is 0 Å². The van der Waals surface area contributed by atoms with Crippen LogP contribution in [0.15, 0.2) is 47.6 Å². The minimum absolute atomic E-state index is 0. The summed E-state index contributed by atoms with van der Waals surface area (Å²) in [7, 11) is 1.75. The Hall–Kier alpha value is -1.05. The Morgan fingerprint density at radius 1 is 1.04 bits per heavy atom. The molecule has 1 aromatic heterocycles. The van der Waals surface area contributed by atoms with Crippen LogP contribution < -0.4 is 10.6 Å². The van der Waals surface area contributed by atoms with Crippen molar-refractivity contribution < 1.29 is 0 Å². The van der Waals surface area contributed by atoms with Gasteiger partial charge >= 0.3 is 0 Å². The molecule has 23 heavy (non-hydrogen) atoms. The highest BCUT2D eigenvalue weighted by molar-refractivity contribution is 14.0. The Kier molecular flexibility index (Phi) is 9.28. The van der Waals surface area contributed by atoms with Crippen molar-refractivity contribution in [1.29, 1.82) is 0 Å². The standard InChI is InChI=1S/C16H18Cl2N4.HI/c1-19-16(22-11-12-2-5-14(17)6-3-12)20-9-8-13-4-7-15(18)21-10-13;/h2-7,10H,8-9,11H2,1H3,(H2,19,20,22);1H. The molecule has 7 heteroatoms. The highest BCUT2D eigenvalue weighted by atomic mass is 127. The molecule has 0 aliphatic carbocycles. The molecule has 0 amide bonds. The highest BCUT2D eigenvalue weighted by Gasteiger charge is 1.99. The number of aromatic nitrogens is 1. The number of hydrogen-bond donors (Lipinski definition) is 2. The van der Waals surface area contributed by atoms with E-state index in [1.54, 1.807) is 19.3 Å². The molecule has 0 radical (unpaired) electrons. The van der Waals surface area contributed by atoms with Gasteiger partial charge in [-0.05, 0) is 35.7 Å². The number of halogens is 3. The Morgan fingerprint density at radius 3 is 2.35 bits per heavy atom. The molecule has 0 aliphatic heterocycles. The van der Waals surface area contributed by atoms with Crippen LogP contribution in [-0.2, 0) is 13.0 Å². The third kappa shape index (κ3) is 7.37. The van der Waals surface area contributed by atoms with E-state index in [2.05, 4.69) is 20.6 Å². The molecular formula is C16H19Cl2IN4. The zero-order chi connectivity index (χ0) is 15.8. The van der Waals surface area contributed by atoms with Gasteiger partial charge in [0.05, 0.1) is 0 Å². The molecule has 0 saturated carbocycles. The predicted octanol–water partition coefficient (Wildman–Crippen LogP) is 3.91. The van der Waals surface area contributed by atoms with Crippen LogP contribution in [0.2, 0.25) is 10.2 Å². The normalized spacial score (nSPS) is 10.8. The maximum Gasteiger partial charge on any atom is 0.191 e. The van der Waals surface area contributed by atoms with E-state index >= 15 is 0 Å². The fraction of sp³-hybridized carbons (Fsp3) is 0.250. The summed E-state index contributed by atoms with van der Waals surface area (Å²) in [6.07, 6.45) is 2.64. The summed E-state index contributed by atoms with van der Waals surface area (Å²) in [5.41, 5.74) is 2.28. The summed E-state index contributed by atoms with van der Waals surface area (Å²) in [5.74, 6) is 0.761. The summed E-state index contributed by atoms with van der Waals surface area (Å²) in [4.78, 5) is 8.26. The average molecular weight is 465 g/mol. The van der Waals surface area contributed by atoms with Gasteiger partial charge in [0.15, 0.2) is 5.96 Å². The van der Waals surface area contributed by atoms with E-state index < -0.39 is 0 Å². The van der Waals surface area contributed by atoms with Gasteiger partial charge in [-0.3, -0.25) is 4.99 Å². The van der Waals surface area contributed by atoms with Crippen molar-refractivity contribution in [3.63, 3.8) is 0 Å². The third-order valence-electron chi connectivity index (χ3n) is 3.09. The summed E-state index contributed by atoms with van der Waals surface area (Å²) in [6.45, 7) is 1.46. The molecule has 1 aromatic carbocycles. The van der Waals surface area contributed by atoms with E-state index in [0.717, 1.165) is 35.1 Å². The number of hydrogen-bond acceptors (Lipinski definition) is 2. The molecule has 0 atom stereocenters.